The minimum Gasteiger partial charge on any atom is -0.382 e. The predicted molar refractivity (Wildman–Crippen MR) is 66.3 cm³/mol. The van der Waals surface area contributed by atoms with Crippen LogP contribution in [-0.4, -0.2) is 10.2 Å². The average molecular weight is 229 g/mol. The number of nitrogens with two attached hydrogens (primary N) is 1. The molecule has 5 rings (SSSR count). The molecular weight excluding hydrogens is 210 g/mol. The summed E-state index contributed by atoms with van der Waals surface area (Å²) in [6.07, 6.45) is 10.5. The second-order valence-electron chi connectivity index (χ2n) is 6.57. The van der Waals surface area contributed by atoms with Crippen LogP contribution >= 0.6 is 0 Å². The van der Waals surface area contributed by atoms with Crippen LogP contribution in [0.3, 0.4) is 0 Å². The molecule has 0 radical (unpaired) electrons. The first-order valence-electron chi connectivity index (χ1n) is 6.82. The Hall–Kier alpha value is -1.12. The molecule has 17 heavy (non-hydrogen) atoms. The average Bonchev–Trinajstić information content (AvgIpc) is 2.27. The lowest BCUT2D eigenvalue weighted by Gasteiger charge is -2.57. The summed E-state index contributed by atoms with van der Waals surface area (Å²) in [5.41, 5.74) is 7.57. The summed E-state index contributed by atoms with van der Waals surface area (Å²) in [5.74, 6) is 3.49. The van der Waals surface area contributed by atoms with E-state index in [1.807, 2.05) is 6.20 Å². The van der Waals surface area contributed by atoms with Gasteiger partial charge in [0.25, 0.3) is 0 Å². The van der Waals surface area contributed by atoms with Gasteiger partial charge < -0.3 is 5.73 Å². The highest BCUT2D eigenvalue weighted by molar-refractivity contribution is 5.35. The molecule has 0 saturated heterocycles. The molecule has 1 aromatic rings. The van der Waals surface area contributed by atoms with E-state index in [0.717, 1.165) is 17.8 Å². The first-order valence-corrected chi connectivity index (χ1v) is 6.82. The van der Waals surface area contributed by atoms with Crippen LogP contribution in [0, 0.1) is 17.8 Å². The summed E-state index contributed by atoms with van der Waals surface area (Å²) in [6.45, 7) is 0. The molecule has 0 aliphatic heterocycles. The molecule has 4 saturated carbocycles. The maximum Gasteiger partial charge on any atom is 0.146 e. The predicted octanol–water partition coefficient (Wildman–Crippen LogP) is 2.53. The summed E-state index contributed by atoms with van der Waals surface area (Å²) in [7, 11) is 0. The quantitative estimate of drug-likeness (QED) is 0.805. The van der Waals surface area contributed by atoms with Gasteiger partial charge in [0.15, 0.2) is 0 Å². The van der Waals surface area contributed by atoms with Gasteiger partial charge >= 0.3 is 0 Å². The van der Waals surface area contributed by atoms with E-state index in [1.54, 1.807) is 0 Å². The lowest BCUT2D eigenvalue weighted by Crippen LogP contribution is -2.48. The third-order valence-corrected chi connectivity index (χ3v) is 5.32. The largest absolute Gasteiger partial charge is 0.382 e. The highest BCUT2D eigenvalue weighted by Gasteiger charge is 2.51. The van der Waals surface area contributed by atoms with Crippen LogP contribution in [0.2, 0.25) is 0 Å². The van der Waals surface area contributed by atoms with E-state index in [9.17, 15) is 0 Å². The molecule has 3 heteroatoms. The topological polar surface area (TPSA) is 51.8 Å². The van der Waals surface area contributed by atoms with Crippen molar-refractivity contribution in [2.75, 3.05) is 5.73 Å². The molecule has 0 atom stereocenters. The van der Waals surface area contributed by atoms with Crippen LogP contribution in [0.4, 0.5) is 5.82 Å². The third-order valence-electron chi connectivity index (χ3n) is 5.32. The molecule has 2 N–H and O–H groups in total. The Morgan fingerprint density at radius 1 is 1.06 bits per heavy atom. The van der Waals surface area contributed by atoms with Gasteiger partial charge in [-0.05, 0) is 73.3 Å². The molecule has 4 bridgehead atoms. The Morgan fingerprint density at radius 3 is 2.18 bits per heavy atom. The van der Waals surface area contributed by atoms with E-state index in [-0.39, 0.29) is 0 Å². The van der Waals surface area contributed by atoms with Crippen molar-refractivity contribution in [2.24, 2.45) is 17.8 Å². The number of hydrogen-bond donors (Lipinski definition) is 1. The van der Waals surface area contributed by atoms with Crippen molar-refractivity contribution in [3.63, 3.8) is 0 Å². The van der Waals surface area contributed by atoms with Crippen LogP contribution in [0.25, 0.3) is 0 Å². The fourth-order valence-corrected chi connectivity index (χ4v) is 5.14. The summed E-state index contributed by atoms with van der Waals surface area (Å²) >= 11 is 0. The highest BCUT2D eigenvalue weighted by Crippen LogP contribution is 2.60. The Balaban J connectivity index is 1.77. The SMILES string of the molecule is Nc1cc(C23CC4CC(CC(C4)C2)C3)cnn1. The zero-order valence-corrected chi connectivity index (χ0v) is 10.1. The van der Waals surface area contributed by atoms with Gasteiger partial charge in [-0.15, -0.1) is 5.10 Å². The van der Waals surface area contributed by atoms with Crippen molar-refractivity contribution in [3.8, 4) is 0 Å². The number of rotatable bonds is 1. The summed E-state index contributed by atoms with van der Waals surface area (Å²) in [5, 5.41) is 7.96. The van der Waals surface area contributed by atoms with Crippen LogP contribution in [0.5, 0.6) is 0 Å². The maximum atomic E-state index is 5.80. The van der Waals surface area contributed by atoms with Gasteiger partial charge in [0.2, 0.25) is 0 Å². The zero-order valence-electron chi connectivity index (χ0n) is 10.1. The first kappa shape index (κ1) is 9.86. The maximum absolute atomic E-state index is 5.80. The van der Waals surface area contributed by atoms with Crippen molar-refractivity contribution in [3.05, 3.63) is 17.8 Å². The summed E-state index contributed by atoms with van der Waals surface area (Å²) in [6, 6.07) is 2.07. The van der Waals surface area contributed by atoms with Gasteiger partial charge in [0.1, 0.15) is 5.82 Å². The standard InChI is InChI=1S/C14H19N3/c15-13-4-12(8-16-17-13)14-5-9-1-10(6-14)3-11(2-9)7-14/h4,8-11H,1-3,5-7H2,(H2,15,17). The summed E-state index contributed by atoms with van der Waals surface area (Å²) in [4.78, 5) is 0. The molecule has 0 unspecified atom stereocenters. The van der Waals surface area contributed by atoms with Crippen LogP contribution < -0.4 is 5.73 Å². The minimum absolute atomic E-state index is 0.402. The Labute approximate surface area is 102 Å². The number of hydrogen-bond acceptors (Lipinski definition) is 3. The normalized spacial score (nSPS) is 42.9. The monoisotopic (exact) mass is 229 g/mol. The first-order chi connectivity index (χ1) is 8.23. The molecule has 0 spiro atoms. The lowest BCUT2D eigenvalue weighted by atomic mass is 9.48. The minimum atomic E-state index is 0.402. The van der Waals surface area contributed by atoms with E-state index in [4.69, 9.17) is 5.73 Å². The molecular formula is C14H19N3. The molecule has 4 fully saturated rings. The second-order valence-corrected chi connectivity index (χ2v) is 6.57. The Bertz CT molecular complexity index is 419. The second kappa shape index (κ2) is 3.21. The highest BCUT2D eigenvalue weighted by atomic mass is 15.1. The Kier molecular flexibility index (Phi) is 1.86. The zero-order chi connectivity index (χ0) is 11.5. The smallest absolute Gasteiger partial charge is 0.146 e. The van der Waals surface area contributed by atoms with Gasteiger partial charge in [-0.25, -0.2) is 0 Å². The number of aromatic nitrogens is 2. The molecule has 4 aliphatic rings. The van der Waals surface area contributed by atoms with E-state index in [0.29, 0.717) is 11.2 Å². The van der Waals surface area contributed by atoms with Crippen molar-refractivity contribution < 1.29 is 0 Å². The van der Waals surface area contributed by atoms with Crippen molar-refractivity contribution >= 4 is 5.82 Å². The van der Waals surface area contributed by atoms with Crippen molar-refractivity contribution in [1.29, 1.82) is 0 Å². The van der Waals surface area contributed by atoms with Gasteiger partial charge in [-0.1, -0.05) is 0 Å². The van der Waals surface area contributed by atoms with Gasteiger partial charge in [0, 0.05) is 0 Å². The molecule has 90 valence electrons. The third kappa shape index (κ3) is 1.41. The van der Waals surface area contributed by atoms with Crippen molar-refractivity contribution in [1.82, 2.24) is 10.2 Å². The van der Waals surface area contributed by atoms with Crippen LogP contribution in [-0.2, 0) is 5.41 Å². The van der Waals surface area contributed by atoms with E-state index >= 15 is 0 Å². The van der Waals surface area contributed by atoms with Crippen LogP contribution in [0.15, 0.2) is 12.3 Å². The lowest BCUT2D eigenvalue weighted by molar-refractivity contribution is -0.00537. The van der Waals surface area contributed by atoms with Gasteiger partial charge in [0.05, 0.1) is 6.20 Å². The van der Waals surface area contributed by atoms with Gasteiger partial charge in [-0.2, -0.15) is 5.10 Å². The molecule has 1 heterocycles. The number of nitrogens with zero attached hydrogens (tertiary/aromatic N) is 2. The summed E-state index contributed by atoms with van der Waals surface area (Å²) < 4.78 is 0. The fourth-order valence-electron chi connectivity index (χ4n) is 5.14. The molecule has 1 aromatic heterocycles. The molecule has 4 aliphatic carbocycles. The fraction of sp³-hybridized carbons (Fsp3) is 0.714. The molecule has 0 amide bonds. The van der Waals surface area contributed by atoms with E-state index < -0.39 is 0 Å². The van der Waals surface area contributed by atoms with Crippen molar-refractivity contribution in [2.45, 2.75) is 43.9 Å². The number of nitrogen functional groups attached to an aromatic ring is 1. The van der Waals surface area contributed by atoms with Gasteiger partial charge in [-0.3, -0.25) is 0 Å². The van der Waals surface area contributed by atoms with E-state index in [2.05, 4.69) is 16.3 Å². The molecule has 0 aromatic carbocycles. The number of anilines is 1. The Morgan fingerprint density at radius 2 is 1.65 bits per heavy atom. The molecule has 3 nitrogen and oxygen atoms in total. The van der Waals surface area contributed by atoms with E-state index in [1.165, 1.54) is 44.1 Å². The van der Waals surface area contributed by atoms with Crippen LogP contribution in [0.1, 0.15) is 44.1 Å².